The fraction of sp³-hybridized carbons (Fsp3) is 0.565. The van der Waals surface area contributed by atoms with E-state index in [0.717, 1.165) is 31.5 Å². The average Bonchev–Trinajstić information content (AvgIpc) is 3.28. The summed E-state index contributed by atoms with van der Waals surface area (Å²) < 4.78 is 13.1. The molecule has 0 aliphatic carbocycles. The minimum absolute atomic E-state index is 0.0143. The molecular weight excluding hydrogens is 410 g/mol. The molecule has 172 valence electrons. The van der Waals surface area contributed by atoms with Crippen molar-refractivity contribution in [3.63, 3.8) is 0 Å². The van der Waals surface area contributed by atoms with Gasteiger partial charge in [-0.3, -0.25) is 14.3 Å². The van der Waals surface area contributed by atoms with E-state index in [0.29, 0.717) is 51.4 Å². The molecule has 2 aliphatic rings. The molecule has 9 nitrogen and oxygen atoms in total. The predicted molar refractivity (Wildman–Crippen MR) is 117 cm³/mol. The topological polar surface area (TPSA) is 98.6 Å². The molecule has 32 heavy (non-hydrogen) atoms. The maximum Gasteiger partial charge on any atom is 0.260 e. The van der Waals surface area contributed by atoms with Crippen molar-refractivity contribution < 1.29 is 19.1 Å². The first-order chi connectivity index (χ1) is 15.6. The third kappa shape index (κ3) is 5.64. The van der Waals surface area contributed by atoms with E-state index in [2.05, 4.69) is 15.6 Å². The summed E-state index contributed by atoms with van der Waals surface area (Å²) in [6, 6.07) is 9.33. The number of hydrogen-bond acceptors (Lipinski definition) is 6. The lowest BCUT2D eigenvalue weighted by Gasteiger charge is -2.41. The van der Waals surface area contributed by atoms with Crippen LogP contribution >= 0.6 is 0 Å². The van der Waals surface area contributed by atoms with Crippen LogP contribution in [0.4, 0.5) is 0 Å². The maximum atomic E-state index is 13.1. The number of carbonyl (C=O) groups is 2. The number of piperidine rings is 1. The van der Waals surface area contributed by atoms with Gasteiger partial charge in [-0.05, 0) is 37.8 Å². The van der Waals surface area contributed by atoms with Gasteiger partial charge in [0, 0.05) is 26.2 Å². The Hall–Kier alpha value is -2.94. The number of rotatable bonds is 3. The van der Waals surface area contributed by atoms with Crippen LogP contribution in [0.15, 0.2) is 36.5 Å². The summed E-state index contributed by atoms with van der Waals surface area (Å²) in [5, 5.41) is 11.3. The van der Waals surface area contributed by atoms with E-state index in [1.807, 2.05) is 46.1 Å². The molecule has 1 fully saturated rings. The van der Waals surface area contributed by atoms with Crippen LogP contribution in [0.25, 0.3) is 0 Å². The smallest absolute Gasteiger partial charge is 0.260 e. The van der Waals surface area contributed by atoms with E-state index in [1.165, 1.54) is 0 Å². The van der Waals surface area contributed by atoms with Gasteiger partial charge in [0.1, 0.15) is 11.4 Å². The maximum absolute atomic E-state index is 13.1. The summed E-state index contributed by atoms with van der Waals surface area (Å²) in [7, 11) is 0. The van der Waals surface area contributed by atoms with Crippen LogP contribution < -0.4 is 10.1 Å². The van der Waals surface area contributed by atoms with Gasteiger partial charge in [-0.2, -0.15) is 0 Å². The molecule has 1 aromatic carbocycles. The summed E-state index contributed by atoms with van der Waals surface area (Å²) in [6.07, 6.45) is 5.87. The van der Waals surface area contributed by atoms with Crippen LogP contribution in [0.3, 0.4) is 0 Å². The van der Waals surface area contributed by atoms with E-state index in [1.54, 1.807) is 0 Å². The van der Waals surface area contributed by atoms with Crippen molar-refractivity contribution in [1.29, 1.82) is 0 Å². The largest absolute Gasteiger partial charge is 0.484 e. The summed E-state index contributed by atoms with van der Waals surface area (Å²) in [5.41, 5.74) is 0.354. The number of fused-ring (bicyclic) bond motifs is 2. The minimum atomic E-state index is -0.450. The molecule has 1 saturated heterocycles. The molecule has 9 heteroatoms. The molecule has 2 bridgehead atoms. The molecule has 1 spiro atoms. The van der Waals surface area contributed by atoms with Gasteiger partial charge in [0.15, 0.2) is 6.61 Å². The summed E-state index contributed by atoms with van der Waals surface area (Å²) in [4.78, 5) is 27.6. The van der Waals surface area contributed by atoms with Crippen molar-refractivity contribution in [3.8, 4) is 5.75 Å². The second-order valence-corrected chi connectivity index (χ2v) is 8.50. The number of nitrogens with one attached hydrogen (secondary N) is 1. The zero-order valence-electron chi connectivity index (χ0n) is 18.4. The Kier molecular flexibility index (Phi) is 7.36. The van der Waals surface area contributed by atoms with Gasteiger partial charge >= 0.3 is 0 Å². The monoisotopic (exact) mass is 441 g/mol. The SMILES string of the molecule is O=C(COc1ccccc1)N1CCC2(CCCCn3cc(nn3)COCCNC2=O)CC1. The van der Waals surface area contributed by atoms with Gasteiger partial charge in [0.2, 0.25) is 5.91 Å². The quantitative estimate of drug-likeness (QED) is 0.780. The Morgan fingerprint density at radius 3 is 2.75 bits per heavy atom. The highest BCUT2D eigenvalue weighted by Gasteiger charge is 2.41. The molecule has 2 aromatic rings. The van der Waals surface area contributed by atoms with Crippen LogP contribution in [0.1, 0.15) is 37.8 Å². The number of carbonyl (C=O) groups excluding carboxylic acids is 2. The second kappa shape index (κ2) is 10.6. The highest BCUT2D eigenvalue weighted by molar-refractivity contribution is 5.83. The van der Waals surface area contributed by atoms with Crippen molar-refractivity contribution in [2.75, 3.05) is 32.8 Å². The fourth-order valence-electron chi connectivity index (χ4n) is 4.38. The van der Waals surface area contributed by atoms with Crippen molar-refractivity contribution in [3.05, 3.63) is 42.2 Å². The number of para-hydroxylation sites is 1. The normalized spacial score (nSPS) is 19.8. The molecule has 3 heterocycles. The number of hydrogen-bond donors (Lipinski definition) is 1. The standard InChI is InChI=1S/C23H31N5O4/c29-21(18-32-20-6-2-1-3-7-20)27-13-9-23(10-14-27)8-4-5-12-28-16-19(25-26-28)17-31-15-11-24-22(23)30/h1-3,6-7,16H,4-5,8-15,17-18H2,(H,24,30). The number of amides is 2. The second-order valence-electron chi connectivity index (χ2n) is 8.50. The number of likely N-dealkylation sites (tertiary alicyclic amines) is 1. The van der Waals surface area contributed by atoms with E-state index in [4.69, 9.17) is 9.47 Å². The highest BCUT2D eigenvalue weighted by atomic mass is 16.5. The summed E-state index contributed by atoms with van der Waals surface area (Å²) in [6.45, 7) is 3.19. The molecule has 0 atom stereocenters. The molecule has 2 amide bonds. The Morgan fingerprint density at radius 1 is 1.12 bits per heavy atom. The van der Waals surface area contributed by atoms with E-state index < -0.39 is 5.41 Å². The van der Waals surface area contributed by atoms with Gasteiger partial charge < -0.3 is 19.7 Å². The fourth-order valence-corrected chi connectivity index (χ4v) is 4.38. The Labute approximate surface area is 188 Å². The third-order valence-electron chi connectivity index (χ3n) is 6.32. The summed E-state index contributed by atoms with van der Waals surface area (Å²) in [5.74, 6) is 0.713. The lowest BCUT2D eigenvalue weighted by atomic mass is 9.73. The van der Waals surface area contributed by atoms with Crippen molar-refractivity contribution in [2.24, 2.45) is 5.41 Å². The van der Waals surface area contributed by atoms with Gasteiger partial charge in [-0.15, -0.1) is 5.10 Å². The van der Waals surface area contributed by atoms with Crippen molar-refractivity contribution >= 4 is 11.8 Å². The van der Waals surface area contributed by atoms with Crippen LogP contribution in [-0.4, -0.2) is 64.6 Å². The van der Waals surface area contributed by atoms with E-state index in [9.17, 15) is 9.59 Å². The Balaban J connectivity index is 1.33. The molecule has 2 aliphatic heterocycles. The number of ether oxygens (including phenoxy) is 2. The Bertz CT molecular complexity index is 893. The molecule has 0 unspecified atom stereocenters. The van der Waals surface area contributed by atoms with Crippen LogP contribution in [0, 0.1) is 5.41 Å². The van der Waals surface area contributed by atoms with Crippen molar-refractivity contribution in [2.45, 2.75) is 45.3 Å². The number of benzene rings is 1. The first-order valence-corrected chi connectivity index (χ1v) is 11.4. The van der Waals surface area contributed by atoms with Gasteiger partial charge in [-0.1, -0.05) is 29.8 Å². The lowest BCUT2D eigenvalue weighted by Crippen LogP contribution is -2.51. The molecule has 1 N–H and O–H groups in total. The van der Waals surface area contributed by atoms with E-state index in [-0.39, 0.29) is 18.4 Å². The molecule has 0 radical (unpaired) electrons. The van der Waals surface area contributed by atoms with Crippen LogP contribution in [-0.2, 0) is 27.5 Å². The van der Waals surface area contributed by atoms with Gasteiger partial charge in [0.05, 0.1) is 24.8 Å². The first-order valence-electron chi connectivity index (χ1n) is 11.4. The molecule has 1 aromatic heterocycles. The summed E-state index contributed by atoms with van der Waals surface area (Å²) >= 11 is 0. The Morgan fingerprint density at radius 2 is 1.94 bits per heavy atom. The molecular formula is C23H31N5O4. The molecule has 4 rings (SSSR count). The first kappa shape index (κ1) is 22.3. The van der Waals surface area contributed by atoms with Gasteiger partial charge in [0.25, 0.3) is 5.91 Å². The van der Waals surface area contributed by atoms with E-state index >= 15 is 0 Å². The van der Waals surface area contributed by atoms with Crippen molar-refractivity contribution in [1.82, 2.24) is 25.2 Å². The van der Waals surface area contributed by atoms with Crippen LogP contribution in [0.5, 0.6) is 5.75 Å². The third-order valence-corrected chi connectivity index (χ3v) is 6.32. The zero-order chi connectivity index (χ0) is 22.2. The van der Waals surface area contributed by atoms with Crippen LogP contribution in [0.2, 0.25) is 0 Å². The number of aromatic nitrogens is 3. The minimum Gasteiger partial charge on any atom is -0.484 e. The number of aryl methyl sites for hydroxylation is 1. The zero-order valence-corrected chi connectivity index (χ0v) is 18.4. The highest BCUT2D eigenvalue weighted by Crippen LogP contribution is 2.37. The molecule has 0 saturated carbocycles. The lowest BCUT2D eigenvalue weighted by molar-refractivity contribution is -0.142. The number of nitrogens with zero attached hydrogens (tertiary/aromatic N) is 4. The average molecular weight is 442 g/mol. The predicted octanol–water partition coefficient (Wildman–Crippen LogP) is 1.78. The van der Waals surface area contributed by atoms with Gasteiger partial charge in [-0.25, -0.2) is 0 Å².